The molecule has 0 unspecified atom stereocenters. The van der Waals surface area contributed by atoms with Crippen LogP contribution in [0.3, 0.4) is 0 Å². The second-order valence-electron chi connectivity index (χ2n) is 4.68. The third-order valence-electron chi connectivity index (χ3n) is 3.04. The maximum Gasteiger partial charge on any atom is 0.310 e. The SMILES string of the molecule is COc1cc(CC(=O)OCC=Cc2ccccc2)ccc1O. The van der Waals surface area contributed by atoms with Crippen molar-refractivity contribution in [3.05, 3.63) is 65.7 Å². The normalized spacial score (nSPS) is 10.6. The van der Waals surface area contributed by atoms with E-state index in [1.807, 2.05) is 36.4 Å². The molecule has 2 aromatic carbocycles. The van der Waals surface area contributed by atoms with E-state index < -0.39 is 0 Å². The molecule has 2 aromatic rings. The number of aromatic hydroxyl groups is 1. The largest absolute Gasteiger partial charge is 0.504 e. The molecule has 0 radical (unpaired) electrons. The molecule has 4 nitrogen and oxygen atoms in total. The Morgan fingerprint density at radius 3 is 2.68 bits per heavy atom. The van der Waals surface area contributed by atoms with Crippen LogP contribution in [0, 0.1) is 0 Å². The monoisotopic (exact) mass is 298 g/mol. The molecule has 2 rings (SSSR count). The van der Waals surface area contributed by atoms with Gasteiger partial charge >= 0.3 is 5.97 Å². The van der Waals surface area contributed by atoms with Gasteiger partial charge in [0.25, 0.3) is 0 Å². The van der Waals surface area contributed by atoms with Crippen molar-refractivity contribution < 1.29 is 19.4 Å². The third kappa shape index (κ3) is 4.66. The standard InChI is InChI=1S/C18H18O4/c1-21-17-12-15(9-10-16(17)19)13-18(20)22-11-5-8-14-6-3-2-4-7-14/h2-10,12,19H,11,13H2,1H3. The van der Waals surface area contributed by atoms with Crippen LogP contribution >= 0.6 is 0 Å². The predicted molar refractivity (Wildman–Crippen MR) is 84.8 cm³/mol. The number of hydrogen-bond donors (Lipinski definition) is 1. The minimum absolute atomic E-state index is 0.0467. The number of phenolic OH excluding ortho intramolecular Hbond substituents is 1. The van der Waals surface area contributed by atoms with Gasteiger partial charge in [-0.1, -0.05) is 42.5 Å². The molecule has 0 aromatic heterocycles. The first kappa shape index (κ1) is 15.6. The third-order valence-corrected chi connectivity index (χ3v) is 3.04. The smallest absolute Gasteiger partial charge is 0.310 e. The van der Waals surface area contributed by atoms with Crippen LogP contribution in [0.15, 0.2) is 54.6 Å². The molecule has 0 bridgehead atoms. The summed E-state index contributed by atoms with van der Waals surface area (Å²) in [5, 5.41) is 9.50. The van der Waals surface area contributed by atoms with Crippen molar-refractivity contribution in [3.63, 3.8) is 0 Å². The fourth-order valence-electron chi connectivity index (χ4n) is 1.94. The van der Waals surface area contributed by atoms with E-state index in [-0.39, 0.29) is 24.7 Å². The molecule has 4 heteroatoms. The van der Waals surface area contributed by atoms with Gasteiger partial charge in [0.15, 0.2) is 11.5 Å². The Morgan fingerprint density at radius 2 is 1.95 bits per heavy atom. The number of methoxy groups -OCH3 is 1. The van der Waals surface area contributed by atoms with Crippen molar-refractivity contribution in [1.29, 1.82) is 0 Å². The highest BCUT2D eigenvalue weighted by atomic mass is 16.5. The first-order chi connectivity index (χ1) is 10.7. The van der Waals surface area contributed by atoms with Crippen LogP contribution in [-0.2, 0) is 16.0 Å². The van der Waals surface area contributed by atoms with Crippen LogP contribution in [0.5, 0.6) is 11.5 Å². The van der Waals surface area contributed by atoms with Gasteiger partial charge in [-0.3, -0.25) is 4.79 Å². The lowest BCUT2D eigenvalue weighted by Crippen LogP contribution is -2.08. The lowest BCUT2D eigenvalue weighted by atomic mass is 10.1. The van der Waals surface area contributed by atoms with Gasteiger partial charge in [-0.25, -0.2) is 0 Å². The Balaban J connectivity index is 1.82. The number of phenols is 1. The number of carbonyl (C=O) groups is 1. The molecule has 0 saturated carbocycles. The van der Waals surface area contributed by atoms with E-state index in [4.69, 9.17) is 9.47 Å². The predicted octanol–water partition coefficient (Wildman–Crippen LogP) is 3.20. The summed E-state index contributed by atoms with van der Waals surface area (Å²) in [6.45, 7) is 0.225. The summed E-state index contributed by atoms with van der Waals surface area (Å²) in [7, 11) is 1.46. The van der Waals surface area contributed by atoms with Crippen molar-refractivity contribution in [2.75, 3.05) is 13.7 Å². The average molecular weight is 298 g/mol. The summed E-state index contributed by atoms with van der Waals surface area (Å²) in [5.41, 5.74) is 1.79. The van der Waals surface area contributed by atoms with E-state index >= 15 is 0 Å². The Morgan fingerprint density at radius 1 is 1.18 bits per heavy atom. The van der Waals surface area contributed by atoms with Gasteiger partial charge in [0, 0.05) is 0 Å². The molecule has 0 heterocycles. The molecule has 0 aliphatic rings. The Bertz CT molecular complexity index is 647. The topological polar surface area (TPSA) is 55.8 Å². The van der Waals surface area contributed by atoms with Gasteiger partial charge < -0.3 is 14.6 Å². The van der Waals surface area contributed by atoms with Crippen LogP contribution < -0.4 is 4.74 Å². The molecule has 1 N–H and O–H groups in total. The summed E-state index contributed by atoms with van der Waals surface area (Å²) in [6, 6.07) is 14.6. The highest BCUT2D eigenvalue weighted by molar-refractivity contribution is 5.73. The highest BCUT2D eigenvalue weighted by Crippen LogP contribution is 2.26. The first-order valence-electron chi connectivity index (χ1n) is 6.92. The van der Waals surface area contributed by atoms with Crippen LogP contribution in [0.25, 0.3) is 6.08 Å². The van der Waals surface area contributed by atoms with E-state index in [0.717, 1.165) is 11.1 Å². The quantitative estimate of drug-likeness (QED) is 0.832. The van der Waals surface area contributed by atoms with Crippen LogP contribution in [0.1, 0.15) is 11.1 Å². The number of esters is 1. The summed E-state index contributed by atoms with van der Waals surface area (Å²) in [4.78, 5) is 11.7. The van der Waals surface area contributed by atoms with Gasteiger partial charge in [-0.05, 0) is 29.3 Å². The van der Waals surface area contributed by atoms with Crippen LogP contribution in [0.2, 0.25) is 0 Å². The fourth-order valence-corrected chi connectivity index (χ4v) is 1.94. The second kappa shape index (κ2) is 7.88. The van der Waals surface area contributed by atoms with Crippen LogP contribution in [0.4, 0.5) is 0 Å². The number of rotatable bonds is 6. The average Bonchev–Trinajstić information content (AvgIpc) is 2.54. The minimum Gasteiger partial charge on any atom is -0.504 e. The minimum atomic E-state index is -0.328. The molecule has 0 spiro atoms. The molecule has 0 aliphatic carbocycles. The van der Waals surface area contributed by atoms with E-state index in [2.05, 4.69) is 0 Å². The first-order valence-corrected chi connectivity index (χ1v) is 6.92. The molecule has 0 fully saturated rings. The van der Waals surface area contributed by atoms with E-state index in [1.165, 1.54) is 13.2 Å². The second-order valence-corrected chi connectivity index (χ2v) is 4.68. The van der Waals surface area contributed by atoms with Gasteiger partial charge in [0.1, 0.15) is 6.61 Å². The summed E-state index contributed by atoms with van der Waals surface area (Å²) in [5.74, 6) is 0.0603. The molecule has 0 aliphatic heterocycles. The zero-order chi connectivity index (χ0) is 15.8. The fraction of sp³-hybridized carbons (Fsp3) is 0.167. The van der Waals surface area contributed by atoms with E-state index in [1.54, 1.807) is 18.2 Å². The maximum absolute atomic E-state index is 11.7. The van der Waals surface area contributed by atoms with Gasteiger partial charge in [-0.2, -0.15) is 0 Å². The molecule has 0 saturated heterocycles. The zero-order valence-corrected chi connectivity index (χ0v) is 12.4. The molecule has 0 atom stereocenters. The van der Waals surface area contributed by atoms with E-state index in [0.29, 0.717) is 5.75 Å². The lowest BCUT2D eigenvalue weighted by molar-refractivity contribution is -0.141. The number of carbonyl (C=O) groups excluding carboxylic acids is 1. The number of ether oxygens (including phenoxy) is 2. The molecule has 22 heavy (non-hydrogen) atoms. The van der Waals surface area contributed by atoms with Crippen LogP contribution in [-0.4, -0.2) is 24.8 Å². The molecule has 0 amide bonds. The van der Waals surface area contributed by atoms with Crippen molar-refractivity contribution in [1.82, 2.24) is 0 Å². The van der Waals surface area contributed by atoms with Crippen molar-refractivity contribution >= 4 is 12.0 Å². The Labute approximate surface area is 129 Å². The number of hydrogen-bond acceptors (Lipinski definition) is 4. The Kier molecular flexibility index (Phi) is 5.60. The van der Waals surface area contributed by atoms with Crippen molar-refractivity contribution in [3.8, 4) is 11.5 Å². The summed E-state index contributed by atoms with van der Waals surface area (Å²) < 4.78 is 10.1. The van der Waals surface area contributed by atoms with Crippen molar-refractivity contribution in [2.24, 2.45) is 0 Å². The maximum atomic E-state index is 11.7. The van der Waals surface area contributed by atoms with Crippen molar-refractivity contribution in [2.45, 2.75) is 6.42 Å². The molecular weight excluding hydrogens is 280 g/mol. The summed E-state index contributed by atoms with van der Waals surface area (Å²) >= 11 is 0. The molecular formula is C18H18O4. The molecule has 114 valence electrons. The summed E-state index contributed by atoms with van der Waals surface area (Å²) in [6.07, 6.45) is 3.83. The van der Waals surface area contributed by atoms with Gasteiger partial charge in [0.2, 0.25) is 0 Å². The van der Waals surface area contributed by atoms with Gasteiger partial charge in [0.05, 0.1) is 13.5 Å². The lowest BCUT2D eigenvalue weighted by Gasteiger charge is -2.06. The van der Waals surface area contributed by atoms with E-state index in [9.17, 15) is 9.90 Å². The zero-order valence-electron chi connectivity index (χ0n) is 12.4. The Hall–Kier alpha value is -2.75. The van der Waals surface area contributed by atoms with Gasteiger partial charge in [-0.15, -0.1) is 0 Å². The highest BCUT2D eigenvalue weighted by Gasteiger charge is 2.07. The number of benzene rings is 2.